The van der Waals surface area contributed by atoms with E-state index in [0.29, 0.717) is 42.1 Å². The van der Waals surface area contributed by atoms with E-state index in [1.807, 2.05) is 5.38 Å². The highest BCUT2D eigenvalue weighted by Gasteiger charge is 2.18. The molecule has 0 spiro atoms. The summed E-state index contributed by atoms with van der Waals surface area (Å²) in [5, 5.41) is 6.21. The third-order valence-corrected chi connectivity index (χ3v) is 4.61. The number of fused-ring (bicyclic) bond motifs is 1. The minimum Gasteiger partial charge on any atom is -0.464 e. The number of thiazole rings is 1. The quantitative estimate of drug-likeness (QED) is 0.646. The molecular formula is C14H15ClN6O2S. The molecule has 10 heteroatoms. The number of nitrogens with zero attached hydrogens (tertiary/aromatic N) is 4. The van der Waals surface area contributed by atoms with Crippen LogP contribution in [0.4, 0.5) is 5.82 Å². The Morgan fingerprint density at radius 1 is 1.42 bits per heavy atom. The van der Waals surface area contributed by atoms with Crippen LogP contribution in [0.15, 0.2) is 11.6 Å². The monoisotopic (exact) mass is 366 g/mol. The van der Waals surface area contributed by atoms with Gasteiger partial charge in [0.1, 0.15) is 5.01 Å². The highest BCUT2D eigenvalue weighted by molar-refractivity contribution is 7.09. The molecule has 2 N–H and O–H groups in total. The predicted molar refractivity (Wildman–Crippen MR) is 90.6 cm³/mol. The third-order valence-electron chi connectivity index (χ3n) is 3.67. The molecule has 8 nitrogen and oxygen atoms in total. The first-order valence-electron chi connectivity index (χ1n) is 7.54. The predicted octanol–water partition coefficient (Wildman–Crippen LogP) is 2.49. The lowest BCUT2D eigenvalue weighted by atomic mass is 10.1. The number of anilines is 1. The van der Waals surface area contributed by atoms with Crippen LogP contribution in [-0.4, -0.2) is 44.7 Å². The zero-order valence-corrected chi connectivity index (χ0v) is 14.2. The second-order valence-electron chi connectivity index (χ2n) is 5.40. The molecule has 0 bridgehead atoms. The van der Waals surface area contributed by atoms with Crippen LogP contribution in [0.2, 0.25) is 5.28 Å². The maximum atomic E-state index is 5.99. The first-order chi connectivity index (χ1) is 11.8. The lowest BCUT2D eigenvalue weighted by Gasteiger charge is -2.06. The number of H-pyrrole nitrogens is 1. The molecule has 3 aromatic heterocycles. The Hall–Kier alpha value is -1.97. The molecule has 24 heavy (non-hydrogen) atoms. The molecule has 0 saturated carbocycles. The highest BCUT2D eigenvalue weighted by atomic mass is 35.5. The molecule has 0 aliphatic carbocycles. The molecule has 1 aliphatic rings. The topological polar surface area (TPSA) is 97.8 Å². The average molecular weight is 367 g/mol. The number of aromatic amines is 1. The van der Waals surface area contributed by atoms with Gasteiger partial charge in [0.05, 0.1) is 19.8 Å². The lowest BCUT2D eigenvalue weighted by molar-refractivity contribution is 0.164. The summed E-state index contributed by atoms with van der Waals surface area (Å²) in [6.45, 7) is 2.62. The second-order valence-corrected chi connectivity index (χ2v) is 6.72. The summed E-state index contributed by atoms with van der Waals surface area (Å²) in [4.78, 5) is 20.1. The summed E-state index contributed by atoms with van der Waals surface area (Å²) in [6.07, 6.45) is 2.77. The van der Waals surface area contributed by atoms with Gasteiger partial charge in [0.25, 0.3) is 6.01 Å². The van der Waals surface area contributed by atoms with Gasteiger partial charge in [-0.25, -0.2) is 4.98 Å². The Morgan fingerprint density at radius 3 is 3.17 bits per heavy atom. The zero-order valence-electron chi connectivity index (χ0n) is 12.7. The summed E-state index contributed by atoms with van der Waals surface area (Å²) in [7, 11) is 0. The van der Waals surface area contributed by atoms with Crippen LogP contribution >= 0.6 is 22.9 Å². The van der Waals surface area contributed by atoms with E-state index >= 15 is 0 Å². The van der Waals surface area contributed by atoms with Gasteiger partial charge in [-0.05, 0) is 18.0 Å². The Morgan fingerprint density at radius 2 is 2.38 bits per heavy atom. The van der Waals surface area contributed by atoms with E-state index < -0.39 is 0 Å². The van der Waals surface area contributed by atoms with Gasteiger partial charge >= 0.3 is 0 Å². The Balaban J connectivity index is 1.52. The Kier molecular flexibility index (Phi) is 4.46. The molecule has 0 radical (unpaired) electrons. The van der Waals surface area contributed by atoms with E-state index in [-0.39, 0.29) is 5.28 Å². The fourth-order valence-electron chi connectivity index (χ4n) is 2.45. The number of aromatic nitrogens is 5. The molecule has 1 aliphatic heterocycles. The minimum absolute atomic E-state index is 0.142. The Bertz CT molecular complexity index is 818. The van der Waals surface area contributed by atoms with Crippen LogP contribution in [0.3, 0.4) is 0 Å². The number of nitrogens with one attached hydrogen (secondary N) is 2. The van der Waals surface area contributed by atoms with Gasteiger partial charge in [-0.15, -0.1) is 11.3 Å². The van der Waals surface area contributed by atoms with Crippen LogP contribution in [0.1, 0.15) is 11.4 Å². The Labute approximate surface area is 146 Å². The van der Waals surface area contributed by atoms with Crippen molar-refractivity contribution in [2.24, 2.45) is 5.92 Å². The fourth-order valence-corrected chi connectivity index (χ4v) is 3.18. The molecule has 3 aromatic rings. The van der Waals surface area contributed by atoms with Crippen molar-refractivity contribution in [3.8, 4) is 6.01 Å². The van der Waals surface area contributed by atoms with Crippen molar-refractivity contribution in [2.45, 2.75) is 13.0 Å². The first kappa shape index (κ1) is 15.6. The van der Waals surface area contributed by atoms with Gasteiger partial charge in [0.15, 0.2) is 17.0 Å². The molecule has 0 aromatic carbocycles. The molecule has 1 fully saturated rings. The number of ether oxygens (including phenoxy) is 2. The van der Waals surface area contributed by atoms with Gasteiger partial charge < -0.3 is 14.8 Å². The smallest absolute Gasteiger partial charge is 0.295 e. The largest absolute Gasteiger partial charge is 0.464 e. The summed E-state index contributed by atoms with van der Waals surface area (Å²) < 4.78 is 11.1. The van der Waals surface area contributed by atoms with Crippen molar-refractivity contribution in [3.63, 3.8) is 0 Å². The van der Waals surface area contributed by atoms with E-state index in [9.17, 15) is 0 Å². The van der Waals surface area contributed by atoms with Crippen LogP contribution < -0.4 is 10.1 Å². The standard InChI is InChI=1S/C14H15ClN6O2S/c15-13-19-11(17-5-9-16-2-4-24-9)10-12(20-13)21-14(18-10)23-7-8-1-3-22-6-8/h2,4,8H,1,3,5-7H2,(H2,17,18,19,20,21)/t8-/m1/s1. The minimum atomic E-state index is 0.142. The van der Waals surface area contributed by atoms with Gasteiger partial charge in [-0.1, -0.05) is 0 Å². The maximum Gasteiger partial charge on any atom is 0.295 e. The summed E-state index contributed by atoms with van der Waals surface area (Å²) in [6, 6.07) is 0.408. The van der Waals surface area contributed by atoms with Crippen LogP contribution in [-0.2, 0) is 11.3 Å². The molecule has 126 valence electrons. The van der Waals surface area contributed by atoms with Crippen LogP contribution in [0, 0.1) is 5.92 Å². The molecule has 1 atom stereocenters. The van der Waals surface area contributed by atoms with E-state index in [2.05, 4.69) is 30.2 Å². The van der Waals surface area contributed by atoms with E-state index in [4.69, 9.17) is 21.1 Å². The molecule has 4 rings (SSSR count). The van der Waals surface area contributed by atoms with Crippen molar-refractivity contribution >= 4 is 39.9 Å². The number of rotatable bonds is 6. The number of halogens is 1. The summed E-state index contributed by atoms with van der Waals surface area (Å²) in [5.74, 6) is 0.950. The lowest BCUT2D eigenvalue weighted by Crippen LogP contribution is -2.12. The number of hydrogen-bond donors (Lipinski definition) is 2. The molecule has 1 saturated heterocycles. The SMILES string of the molecule is Clc1nc(NCc2nccs2)c2nc(OC[C@@H]3CCOC3)[nH]c2n1. The molecule has 0 unspecified atom stereocenters. The van der Waals surface area contributed by atoms with Crippen LogP contribution in [0.5, 0.6) is 6.01 Å². The zero-order chi connectivity index (χ0) is 16.4. The highest BCUT2D eigenvalue weighted by Crippen LogP contribution is 2.24. The summed E-state index contributed by atoms with van der Waals surface area (Å²) >= 11 is 7.56. The molecule has 4 heterocycles. The van der Waals surface area contributed by atoms with Crippen molar-refractivity contribution in [3.05, 3.63) is 21.9 Å². The van der Waals surface area contributed by atoms with E-state index in [1.54, 1.807) is 17.5 Å². The average Bonchev–Trinajstić information content (AvgIpc) is 3.31. The van der Waals surface area contributed by atoms with Crippen LogP contribution in [0.25, 0.3) is 11.2 Å². The van der Waals surface area contributed by atoms with E-state index in [0.717, 1.165) is 24.6 Å². The van der Waals surface area contributed by atoms with Gasteiger partial charge in [0, 0.05) is 24.1 Å². The molecular weight excluding hydrogens is 352 g/mol. The number of imidazole rings is 1. The number of hydrogen-bond acceptors (Lipinski definition) is 8. The van der Waals surface area contributed by atoms with Crippen molar-refractivity contribution < 1.29 is 9.47 Å². The van der Waals surface area contributed by atoms with Crippen molar-refractivity contribution in [1.82, 2.24) is 24.9 Å². The van der Waals surface area contributed by atoms with Crippen molar-refractivity contribution in [1.29, 1.82) is 0 Å². The fraction of sp³-hybridized carbons (Fsp3) is 0.429. The van der Waals surface area contributed by atoms with Gasteiger partial charge in [-0.2, -0.15) is 15.0 Å². The van der Waals surface area contributed by atoms with E-state index in [1.165, 1.54) is 0 Å². The van der Waals surface area contributed by atoms with Crippen molar-refractivity contribution in [2.75, 3.05) is 25.1 Å². The second kappa shape index (κ2) is 6.88. The third kappa shape index (κ3) is 3.42. The van der Waals surface area contributed by atoms with Gasteiger partial charge in [-0.3, -0.25) is 4.98 Å². The maximum absolute atomic E-state index is 5.99. The van der Waals surface area contributed by atoms with Gasteiger partial charge in [0.2, 0.25) is 5.28 Å². The molecule has 0 amide bonds. The summed E-state index contributed by atoms with van der Waals surface area (Å²) in [5.41, 5.74) is 1.13. The first-order valence-corrected chi connectivity index (χ1v) is 8.80. The normalized spacial score (nSPS) is 17.5.